The smallest absolute Gasteiger partial charge is 0.227 e. The largest absolute Gasteiger partial charge is 0.326 e. The Balaban J connectivity index is 1.60. The summed E-state index contributed by atoms with van der Waals surface area (Å²) in [6.07, 6.45) is 1.02. The van der Waals surface area contributed by atoms with Gasteiger partial charge >= 0.3 is 0 Å². The molecule has 0 radical (unpaired) electrons. The van der Waals surface area contributed by atoms with Crippen molar-refractivity contribution in [3.8, 4) is 0 Å². The second kappa shape index (κ2) is 8.64. The molecular formula is C21H25ClN2O3S. The number of anilines is 1. The summed E-state index contributed by atoms with van der Waals surface area (Å²) in [6.45, 7) is 4.63. The van der Waals surface area contributed by atoms with Crippen molar-refractivity contribution < 1.29 is 13.2 Å². The number of hydrogen-bond donors (Lipinski definition) is 1. The van der Waals surface area contributed by atoms with Crippen LogP contribution in [0.1, 0.15) is 29.5 Å². The Kier molecular flexibility index (Phi) is 6.43. The lowest BCUT2D eigenvalue weighted by molar-refractivity contribution is -0.120. The third-order valence-electron chi connectivity index (χ3n) is 5.16. The zero-order valence-electron chi connectivity index (χ0n) is 16.1. The van der Waals surface area contributed by atoms with Crippen LogP contribution in [0, 0.1) is 19.8 Å². The van der Waals surface area contributed by atoms with Crippen molar-refractivity contribution in [2.75, 3.05) is 18.4 Å². The molecule has 1 aliphatic heterocycles. The summed E-state index contributed by atoms with van der Waals surface area (Å²) in [5.74, 6) is -0.352. The van der Waals surface area contributed by atoms with Gasteiger partial charge in [-0.3, -0.25) is 4.79 Å². The fourth-order valence-corrected chi connectivity index (χ4v) is 5.28. The monoisotopic (exact) mass is 420 g/mol. The molecule has 2 aromatic rings. The second-order valence-corrected chi connectivity index (χ2v) is 9.70. The third kappa shape index (κ3) is 4.93. The zero-order valence-corrected chi connectivity index (χ0v) is 17.7. The molecule has 0 unspecified atom stereocenters. The van der Waals surface area contributed by atoms with E-state index in [4.69, 9.17) is 11.6 Å². The average Bonchev–Trinajstić information content (AvgIpc) is 2.66. The first kappa shape index (κ1) is 20.8. The lowest BCUT2D eigenvalue weighted by Gasteiger charge is -2.30. The predicted molar refractivity (Wildman–Crippen MR) is 113 cm³/mol. The first-order valence-corrected chi connectivity index (χ1v) is 11.3. The molecular weight excluding hydrogens is 396 g/mol. The maximum Gasteiger partial charge on any atom is 0.227 e. The summed E-state index contributed by atoms with van der Waals surface area (Å²) >= 11 is 6.10. The number of carbonyl (C=O) groups excluding carboxylic acids is 1. The van der Waals surface area contributed by atoms with E-state index in [0.29, 0.717) is 36.5 Å². The first-order chi connectivity index (χ1) is 13.3. The highest BCUT2D eigenvalue weighted by molar-refractivity contribution is 7.88. The van der Waals surface area contributed by atoms with Crippen molar-refractivity contribution in [2.45, 2.75) is 32.4 Å². The van der Waals surface area contributed by atoms with Crippen LogP contribution >= 0.6 is 11.6 Å². The highest BCUT2D eigenvalue weighted by atomic mass is 35.5. The summed E-state index contributed by atoms with van der Waals surface area (Å²) < 4.78 is 26.9. The molecule has 7 heteroatoms. The normalized spacial score (nSPS) is 16.1. The molecule has 1 amide bonds. The summed E-state index contributed by atoms with van der Waals surface area (Å²) in [5.41, 5.74) is 3.51. The van der Waals surface area contributed by atoms with Gasteiger partial charge in [0.05, 0.1) is 5.75 Å². The van der Waals surface area contributed by atoms with Gasteiger partial charge in [-0.05, 0) is 55.5 Å². The summed E-state index contributed by atoms with van der Waals surface area (Å²) in [4.78, 5) is 12.6. The standard InChI is InChI=1S/C21H25ClN2O3S/c1-15-7-8-16(2)20(13-15)23-21(25)17-9-11-24(12-10-17)28(26,27)14-18-5-3-4-6-19(18)22/h3-8,13,17H,9-12,14H2,1-2H3,(H,23,25). The van der Waals surface area contributed by atoms with Crippen LogP contribution in [0.15, 0.2) is 42.5 Å². The molecule has 0 bridgehead atoms. The van der Waals surface area contributed by atoms with Gasteiger partial charge in [-0.1, -0.05) is 41.9 Å². The molecule has 0 saturated carbocycles. The van der Waals surface area contributed by atoms with Gasteiger partial charge in [-0.25, -0.2) is 12.7 Å². The van der Waals surface area contributed by atoms with Crippen LogP contribution in [0.2, 0.25) is 5.02 Å². The number of amides is 1. The number of benzene rings is 2. The first-order valence-electron chi connectivity index (χ1n) is 9.35. The van der Waals surface area contributed by atoms with Crippen LogP contribution in [0.25, 0.3) is 0 Å². The minimum Gasteiger partial charge on any atom is -0.326 e. The van der Waals surface area contributed by atoms with Crippen molar-refractivity contribution in [2.24, 2.45) is 5.92 Å². The zero-order chi connectivity index (χ0) is 20.3. The van der Waals surface area contributed by atoms with E-state index in [1.165, 1.54) is 4.31 Å². The van der Waals surface area contributed by atoms with Crippen molar-refractivity contribution >= 4 is 33.2 Å². The van der Waals surface area contributed by atoms with Crippen LogP contribution in [0.3, 0.4) is 0 Å². The molecule has 5 nitrogen and oxygen atoms in total. The number of rotatable bonds is 5. The highest BCUT2D eigenvalue weighted by Crippen LogP contribution is 2.26. The Morgan fingerprint density at radius 1 is 1.14 bits per heavy atom. The molecule has 3 rings (SSSR count). The summed E-state index contributed by atoms with van der Waals surface area (Å²) in [6, 6.07) is 12.9. The van der Waals surface area contributed by atoms with Crippen LogP contribution in [-0.2, 0) is 20.6 Å². The topological polar surface area (TPSA) is 66.5 Å². The average molecular weight is 421 g/mol. The number of nitrogens with zero attached hydrogens (tertiary/aromatic N) is 1. The molecule has 0 spiro atoms. The van der Waals surface area contributed by atoms with Crippen LogP contribution < -0.4 is 5.32 Å². The van der Waals surface area contributed by atoms with Crippen molar-refractivity contribution in [1.82, 2.24) is 4.31 Å². The van der Waals surface area contributed by atoms with Gasteiger partial charge in [0.2, 0.25) is 15.9 Å². The van der Waals surface area contributed by atoms with E-state index in [2.05, 4.69) is 5.32 Å². The number of carbonyl (C=O) groups is 1. The van der Waals surface area contributed by atoms with Crippen molar-refractivity contribution in [1.29, 1.82) is 0 Å². The number of sulfonamides is 1. The molecule has 1 N–H and O–H groups in total. The van der Waals surface area contributed by atoms with Gasteiger partial charge < -0.3 is 5.32 Å². The molecule has 0 aromatic heterocycles. The van der Waals surface area contributed by atoms with E-state index in [9.17, 15) is 13.2 Å². The summed E-state index contributed by atoms with van der Waals surface area (Å²) in [7, 11) is -3.46. The molecule has 1 saturated heterocycles. The Morgan fingerprint density at radius 2 is 1.82 bits per heavy atom. The van der Waals surface area contributed by atoms with E-state index in [1.54, 1.807) is 24.3 Å². The fraction of sp³-hybridized carbons (Fsp3) is 0.381. The predicted octanol–water partition coefficient (Wildman–Crippen LogP) is 4.14. The van der Waals surface area contributed by atoms with Gasteiger partial charge in [0.25, 0.3) is 0 Å². The molecule has 1 heterocycles. The molecule has 150 valence electrons. The van der Waals surface area contributed by atoms with Crippen molar-refractivity contribution in [3.63, 3.8) is 0 Å². The number of hydrogen-bond acceptors (Lipinski definition) is 3. The highest BCUT2D eigenvalue weighted by Gasteiger charge is 2.31. The van der Waals surface area contributed by atoms with Crippen LogP contribution in [0.5, 0.6) is 0 Å². The SMILES string of the molecule is Cc1ccc(C)c(NC(=O)C2CCN(S(=O)(=O)Cc3ccccc3Cl)CC2)c1. The fourth-order valence-electron chi connectivity index (χ4n) is 3.40. The van der Waals surface area contributed by atoms with E-state index in [0.717, 1.165) is 16.8 Å². The van der Waals surface area contributed by atoms with Gasteiger partial charge in [0.1, 0.15) is 0 Å². The third-order valence-corrected chi connectivity index (χ3v) is 7.36. The van der Waals surface area contributed by atoms with Gasteiger partial charge in [-0.15, -0.1) is 0 Å². The second-order valence-electron chi connectivity index (χ2n) is 7.33. The van der Waals surface area contributed by atoms with Gasteiger partial charge in [0, 0.05) is 29.7 Å². The lowest BCUT2D eigenvalue weighted by atomic mass is 9.97. The number of aryl methyl sites for hydroxylation is 2. The maximum atomic E-state index is 12.7. The van der Waals surface area contributed by atoms with Gasteiger partial charge in [0.15, 0.2) is 0 Å². The number of piperidine rings is 1. The Hall–Kier alpha value is -1.89. The molecule has 0 aliphatic carbocycles. The van der Waals surface area contributed by atoms with E-state index in [1.807, 2.05) is 32.0 Å². The van der Waals surface area contributed by atoms with E-state index in [-0.39, 0.29) is 17.6 Å². The summed E-state index contributed by atoms with van der Waals surface area (Å²) in [5, 5.41) is 3.45. The molecule has 1 fully saturated rings. The Bertz CT molecular complexity index is 967. The molecule has 2 aromatic carbocycles. The number of halogens is 1. The molecule has 1 aliphatic rings. The van der Waals surface area contributed by atoms with E-state index >= 15 is 0 Å². The molecule has 28 heavy (non-hydrogen) atoms. The minimum atomic E-state index is -3.46. The Labute approximate surface area is 171 Å². The van der Waals surface area contributed by atoms with Crippen molar-refractivity contribution in [3.05, 3.63) is 64.2 Å². The number of nitrogens with one attached hydrogen (secondary N) is 1. The Morgan fingerprint density at radius 3 is 2.50 bits per heavy atom. The maximum absolute atomic E-state index is 12.7. The van der Waals surface area contributed by atoms with E-state index < -0.39 is 10.0 Å². The minimum absolute atomic E-state index is 0.0446. The van der Waals surface area contributed by atoms with Crippen LogP contribution in [0.4, 0.5) is 5.69 Å². The quantitative estimate of drug-likeness (QED) is 0.790. The molecule has 0 atom stereocenters. The van der Waals surface area contributed by atoms with Gasteiger partial charge in [-0.2, -0.15) is 0 Å². The lowest BCUT2D eigenvalue weighted by Crippen LogP contribution is -2.42. The van der Waals surface area contributed by atoms with Crippen LogP contribution in [-0.4, -0.2) is 31.7 Å².